The van der Waals surface area contributed by atoms with Gasteiger partial charge in [0.2, 0.25) is 0 Å². The van der Waals surface area contributed by atoms with Crippen molar-refractivity contribution >= 4 is 44.2 Å². The summed E-state index contributed by atoms with van der Waals surface area (Å²) < 4.78 is 0. The minimum atomic E-state index is -0.216. The summed E-state index contributed by atoms with van der Waals surface area (Å²) in [4.78, 5) is 2.58. The lowest BCUT2D eigenvalue weighted by molar-refractivity contribution is 0.561. The number of fused-ring (bicyclic) bond motifs is 12. The quantitative estimate of drug-likeness (QED) is 0.171. The zero-order valence-corrected chi connectivity index (χ0v) is 40.0. The fourth-order valence-corrected chi connectivity index (χ4v) is 13.3. The number of allylic oxidation sites excluding steroid dienone is 4. The molecule has 0 N–H and O–H groups in total. The van der Waals surface area contributed by atoms with E-state index in [0.717, 1.165) is 6.42 Å². The van der Waals surface area contributed by atoms with Crippen LogP contribution in [0, 0.1) is 34.6 Å². The Morgan fingerprint density at radius 3 is 1.83 bits per heavy atom. The second-order valence-electron chi connectivity index (χ2n) is 21.6. The minimum Gasteiger partial charge on any atom is -0.310 e. The number of rotatable bonds is 4. The molecule has 0 aliphatic heterocycles. The number of nitrogens with zero attached hydrogens (tertiary/aromatic N) is 1. The maximum absolute atomic E-state index is 2.62. The van der Waals surface area contributed by atoms with E-state index in [9.17, 15) is 0 Å². The van der Waals surface area contributed by atoms with Crippen LogP contribution in [0.2, 0.25) is 0 Å². The Balaban J connectivity index is 1.01. The van der Waals surface area contributed by atoms with Crippen LogP contribution < -0.4 is 4.90 Å². The molecular formula is C64H59N. The van der Waals surface area contributed by atoms with Crippen LogP contribution in [0.4, 0.5) is 17.1 Å². The van der Waals surface area contributed by atoms with Crippen molar-refractivity contribution in [1.82, 2.24) is 0 Å². The third-order valence-corrected chi connectivity index (χ3v) is 16.6. The Kier molecular flexibility index (Phi) is 8.36. The Bertz CT molecular complexity index is 3460. The molecule has 0 saturated heterocycles. The van der Waals surface area contributed by atoms with E-state index in [0.29, 0.717) is 5.92 Å². The monoisotopic (exact) mass is 841 g/mol. The van der Waals surface area contributed by atoms with Gasteiger partial charge in [-0.1, -0.05) is 173 Å². The summed E-state index contributed by atoms with van der Waals surface area (Å²) in [7, 11) is 0. The normalized spacial score (nSPS) is 18.0. The van der Waals surface area contributed by atoms with Crippen LogP contribution in [0.3, 0.4) is 0 Å². The number of hydrogen-bond donors (Lipinski definition) is 0. The van der Waals surface area contributed by atoms with Crippen molar-refractivity contribution in [2.75, 3.05) is 4.90 Å². The molecule has 65 heavy (non-hydrogen) atoms. The van der Waals surface area contributed by atoms with E-state index in [1.54, 1.807) is 16.7 Å². The molecule has 12 rings (SSSR count). The first-order chi connectivity index (χ1) is 31.0. The molecule has 0 spiro atoms. The zero-order chi connectivity index (χ0) is 45.1. The average molecular weight is 842 g/mol. The number of benzene rings is 8. The van der Waals surface area contributed by atoms with Gasteiger partial charge in [0.05, 0.1) is 5.69 Å². The van der Waals surface area contributed by atoms with Crippen molar-refractivity contribution in [2.24, 2.45) is 0 Å². The first kappa shape index (κ1) is 40.1. The predicted molar refractivity (Wildman–Crippen MR) is 278 cm³/mol. The van der Waals surface area contributed by atoms with Crippen molar-refractivity contribution in [3.63, 3.8) is 0 Å². The highest BCUT2D eigenvalue weighted by atomic mass is 15.1. The van der Waals surface area contributed by atoms with E-state index < -0.39 is 0 Å². The van der Waals surface area contributed by atoms with Gasteiger partial charge in [-0.05, 0) is 171 Å². The lowest BCUT2D eigenvalue weighted by atomic mass is 9.71. The van der Waals surface area contributed by atoms with Crippen molar-refractivity contribution in [1.29, 1.82) is 0 Å². The second-order valence-corrected chi connectivity index (χ2v) is 21.6. The highest BCUT2D eigenvalue weighted by molar-refractivity contribution is 6.09. The Hall–Kier alpha value is -6.44. The number of hydrogen-bond acceptors (Lipinski definition) is 1. The summed E-state index contributed by atoms with van der Waals surface area (Å²) >= 11 is 0. The van der Waals surface area contributed by atoms with Crippen molar-refractivity contribution in [3.8, 4) is 22.3 Å². The SMILES string of the molecule is Cc1cc(C)c(N(c2ccc3c(c2)C(C)(C)C2=C3C=C3C(C2)c2c(ccc4ccccc24)C3(C)C)c2ccc3c(c2)C(C)(C)c2cc(-c4cc(C)ccc4C)c4ccccc4c2-3)c(C)c1. The summed E-state index contributed by atoms with van der Waals surface area (Å²) in [6, 6.07) is 51.7. The molecule has 1 nitrogen and oxygen atoms in total. The summed E-state index contributed by atoms with van der Waals surface area (Å²) in [5, 5.41) is 5.41. The molecule has 0 amide bonds. The lowest BCUT2D eigenvalue weighted by Crippen LogP contribution is -2.23. The highest BCUT2D eigenvalue weighted by Gasteiger charge is 2.49. The molecule has 0 saturated carbocycles. The summed E-state index contributed by atoms with van der Waals surface area (Å²) in [5.74, 6) is 0.389. The molecule has 320 valence electrons. The van der Waals surface area contributed by atoms with Gasteiger partial charge in [0.1, 0.15) is 0 Å². The number of aryl methyl sites for hydroxylation is 5. The Morgan fingerprint density at radius 2 is 1.11 bits per heavy atom. The Morgan fingerprint density at radius 1 is 0.462 bits per heavy atom. The molecule has 0 bridgehead atoms. The van der Waals surface area contributed by atoms with Crippen LogP contribution in [0.15, 0.2) is 151 Å². The molecule has 1 unspecified atom stereocenters. The largest absolute Gasteiger partial charge is 0.310 e. The average Bonchev–Trinajstić information content (AvgIpc) is 3.76. The second kappa shape index (κ2) is 13.6. The van der Waals surface area contributed by atoms with Crippen LogP contribution in [-0.4, -0.2) is 0 Å². The minimum absolute atomic E-state index is 0.0267. The fraction of sp³-hybridized carbons (Fsp3) is 0.250. The molecule has 0 heterocycles. The van der Waals surface area contributed by atoms with Crippen LogP contribution in [0.5, 0.6) is 0 Å². The van der Waals surface area contributed by atoms with Gasteiger partial charge in [-0.25, -0.2) is 0 Å². The summed E-state index contributed by atoms with van der Waals surface area (Å²) in [6.07, 6.45) is 3.68. The Labute approximate surface area is 386 Å². The molecular weight excluding hydrogens is 783 g/mol. The van der Waals surface area contributed by atoms with Gasteiger partial charge in [-0.3, -0.25) is 0 Å². The first-order valence-electron chi connectivity index (χ1n) is 23.8. The van der Waals surface area contributed by atoms with Gasteiger partial charge < -0.3 is 4.90 Å². The van der Waals surface area contributed by atoms with Gasteiger partial charge in [0.25, 0.3) is 0 Å². The van der Waals surface area contributed by atoms with Crippen molar-refractivity contribution in [2.45, 2.75) is 105 Å². The lowest BCUT2D eigenvalue weighted by Gasteiger charge is -2.33. The van der Waals surface area contributed by atoms with Crippen molar-refractivity contribution < 1.29 is 0 Å². The van der Waals surface area contributed by atoms with Gasteiger partial charge >= 0.3 is 0 Å². The van der Waals surface area contributed by atoms with Gasteiger partial charge in [0, 0.05) is 33.5 Å². The summed E-state index contributed by atoms with van der Waals surface area (Å²) in [5.41, 5.74) is 28.4. The van der Waals surface area contributed by atoms with E-state index >= 15 is 0 Å². The topological polar surface area (TPSA) is 3.24 Å². The van der Waals surface area contributed by atoms with Gasteiger partial charge in [-0.2, -0.15) is 0 Å². The molecule has 1 heteroatoms. The van der Waals surface area contributed by atoms with E-state index in [-0.39, 0.29) is 16.2 Å². The molecule has 0 radical (unpaired) electrons. The third kappa shape index (κ3) is 5.51. The number of anilines is 3. The smallest absolute Gasteiger partial charge is 0.0520 e. The molecule has 8 aromatic carbocycles. The molecule has 1 atom stereocenters. The van der Waals surface area contributed by atoms with Crippen LogP contribution in [0.1, 0.15) is 115 Å². The maximum atomic E-state index is 2.62. The van der Waals surface area contributed by atoms with Crippen LogP contribution >= 0.6 is 0 Å². The van der Waals surface area contributed by atoms with Gasteiger partial charge in [0.15, 0.2) is 0 Å². The fourth-order valence-electron chi connectivity index (χ4n) is 13.3. The van der Waals surface area contributed by atoms with Crippen LogP contribution in [0.25, 0.3) is 49.4 Å². The first-order valence-corrected chi connectivity index (χ1v) is 23.8. The van der Waals surface area contributed by atoms with Gasteiger partial charge in [-0.15, -0.1) is 0 Å². The van der Waals surface area contributed by atoms with Crippen molar-refractivity contribution in [3.05, 3.63) is 212 Å². The molecule has 0 fully saturated rings. The highest BCUT2D eigenvalue weighted by Crippen LogP contribution is 2.63. The molecule has 4 aliphatic carbocycles. The van der Waals surface area contributed by atoms with E-state index in [1.807, 2.05) is 0 Å². The predicted octanol–water partition coefficient (Wildman–Crippen LogP) is 17.4. The van der Waals surface area contributed by atoms with Crippen LogP contribution in [-0.2, 0) is 16.2 Å². The molecule has 0 aromatic heterocycles. The zero-order valence-electron chi connectivity index (χ0n) is 40.0. The molecule has 4 aliphatic rings. The van der Waals surface area contributed by atoms with E-state index in [2.05, 4.69) is 221 Å². The molecule has 8 aromatic rings. The third-order valence-electron chi connectivity index (χ3n) is 16.6. The maximum Gasteiger partial charge on any atom is 0.0520 e. The van der Waals surface area contributed by atoms with E-state index in [4.69, 9.17) is 0 Å². The van der Waals surface area contributed by atoms with E-state index in [1.165, 1.54) is 122 Å². The summed E-state index contributed by atoms with van der Waals surface area (Å²) in [6.45, 7) is 26.0. The standard InChI is InChI=1S/C64H59N/c1-36-20-21-38(3)49(30-36)50-33-58-60(47-19-15-14-18-45(47)50)48-26-24-43(32-55(48)64(58,10)11)65(61-39(4)28-37(2)29-40(61)5)42-23-25-46-51-34-57-52(35-56(51)63(8,9)54(46)31-42)59-44-17-13-12-16-41(44)22-27-53(59)62(57,6)7/h12-34,52H,35H2,1-11H3.